The van der Waals surface area contributed by atoms with E-state index in [4.69, 9.17) is 11.6 Å². The van der Waals surface area contributed by atoms with E-state index in [9.17, 15) is 9.59 Å². The first kappa shape index (κ1) is 21.2. The van der Waals surface area contributed by atoms with Crippen molar-refractivity contribution in [3.05, 3.63) is 53.0 Å². The van der Waals surface area contributed by atoms with Gasteiger partial charge in [-0.25, -0.2) is 4.68 Å². The first-order chi connectivity index (χ1) is 14.0. The molecule has 0 aliphatic heterocycles. The van der Waals surface area contributed by atoms with Gasteiger partial charge in [0.25, 0.3) is 0 Å². The van der Waals surface area contributed by atoms with E-state index >= 15 is 0 Å². The largest absolute Gasteiger partial charge is 0.369 e. The molecule has 0 aliphatic carbocycles. The number of halogens is 1. The van der Waals surface area contributed by atoms with Crippen LogP contribution in [-0.4, -0.2) is 38.2 Å². The van der Waals surface area contributed by atoms with Crippen LogP contribution < -0.4 is 16.9 Å². The number of rotatable bonds is 8. The number of aromatic nitrogens is 3. The van der Waals surface area contributed by atoms with Gasteiger partial charge in [0.1, 0.15) is 0 Å². The van der Waals surface area contributed by atoms with Crippen LogP contribution in [0.3, 0.4) is 0 Å². The average Bonchev–Trinajstić information content (AvgIpc) is 3.06. The molecule has 3 aromatic rings. The van der Waals surface area contributed by atoms with Gasteiger partial charge in [-0.15, -0.1) is 22.0 Å². The first-order valence-corrected chi connectivity index (χ1v) is 11.1. The molecule has 0 atom stereocenters. The van der Waals surface area contributed by atoms with E-state index in [0.717, 1.165) is 14.9 Å². The molecule has 0 fully saturated rings. The molecule has 2 aromatic carbocycles. The molecule has 0 saturated heterocycles. The minimum atomic E-state index is -0.421. The Balaban J connectivity index is 1.64. The normalized spacial score (nSPS) is 10.7. The zero-order chi connectivity index (χ0) is 20.8. The summed E-state index contributed by atoms with van der Waals surface area (Å²) >= 11 is 5.91. The fraction of sp³-hybridized carbons (Fsp3) is 0.111. The summed E-state index contributed by atoms with van der Waals surface area (Å²) in [7, 11) is 0. The predicted octanol–water partition coefficient (Wildman–Crippen LogP) is 2.73. The number of nitrogens with one attached hydrogen (secondary N) is 1. The molecule has 0 radical (unpaired) electrons. The van der Waals surface area contributed by atoms with Crippen LogP contribution in [0.2, 0.25) is 0 Å². The van der Waals surface area contributed by atoms with Gasteiger partial charge in [0.2, 0.25) is 17.0 Å². The van der Waals surface area contributed by atoms with E-state index < -0.39 is 5.91 Å². The Labute approximate surface area is 183 Å². The molecule has 1 heterocycles. The number of nitrogen functional groups attached to an aromatic ring is 1. The highest BCUT2D eigenvalue weighted by atomic mass is 79.9. The molecule has 8 nitrogen and oxygen atoms in total. The van der Waals surface area contributed by atoms with Gasteiger partial charge in [-0.2, -0.15) is 0 Å². The lowest BCUT2D eigenvalue weighted by molar-refractivity contribution is -0.115. The van der Waals surface area contributed by atoms with E-state index in [1.165, 1.54) is 28.2 Å². The molecule has 29 heavy (non-hydrogen) atoms. The van der Waals surface area contributed by atoms with Gasteiger partial charge in [-0.1, -0.05) is 52.0 Å². The summed E-state index contributed by atoms with van der Waals surface area (Å²) in [5.74, 6) is 6.18. The molecule has 2 amide bonds. The number of primary amides is 1. The van der Waals surface area contributed by atoms with Crippen LogP contribution in [0.5, 0.6) is 0 Å². The van der Waals surface area contributed by atoms with Crippen LogP contribution in [0, 0.1) is 0 Å². The monoisotopic (exact) mass is 492 g/mol. The number of hydrogen-bond acceptors (Lipinski definition) is 7. The number of nitrogens with two attached hydrogens (primary N) is 2. The summed E-state index contributed by atoms with van der Waals surface area (Å²) in [6.45, 7) is 0. The molecular weight excluding hydrogens is 476 g/mol. The van der Waals surface area contributed by atoms with Gasteiger partial charge in [0.15, 0.2) is 5.82 Å². The Morgan fingerprint density at radius 1 is 1.03 bits per heavy atom. The smallest absolute Gasteiger partial charge is 0.234 e. The Morgan fingerprint density at radius 2 is 1.76 bits per heavy atom. The number of benzene rings is 2. The van der Waals surface area contributed by atoms with E-state index in [-0.39, 0.29) is 17.4 Å². The predicted molar refractivity (Wildman–Crippen MR) is 119 cm³/mol. The molecule has 0 spiro atoms. The van der Waals surface area contributed by atoms with Crippen molar-refractivity contribution in [2.45, 2.75) is 10.1 Å². The number of para-hydroxylation sites is 1. The van der Waals surface area contributed by atoms with Gasteiger partial charge in [0, 0.05) is 14.9 Å². The van der Waals surface area contributed by atoms with Gasteiger partial charge < -0.3 is 16.9 Å². The number of thioether (sulfide) groups is 2. The zero-order valence-corrected chi connectivity index (χ0v) is 18.3. The van der Waals surface area contributed by atoms with Crippen LogP contribution in [0.15, 0.2) is 63.1 Å². The van der Waals surface area contributed by atoms with E-state index in [0.29, 0.717) is 16.7 Å². The topological polar surface area (TPSA) is 129 Å². The Kier molecular flexibility index (Phi) is 7.18. The third kappa shape index (κ3) is 5.52. The number of amides is 2. The van der Waals surface area contributed by atoms with Crippen LogP contribution in [0.1, 0.15) is 0 Å². The van der Waals surface area contributed by atoms with Gasteiger partial charge in [-0.3, -0.25) is 9.59 Å². The highest BCUT2D eigenvalue weighted by Crippen LogP contribution is 2.29. The van der Waals surface area contributed by atoms with Crippen LogP contribution in [0.25, 0.3) is 11.4 Å². The van der Waals surface area contributed by atoms with Gasteiger partial charge in [0.05, 0.1) is 17.2 Å². The number of nitrogens with zero attached hydrogens (tertiary/aromatic N) is 3. The van der Waals surface area contributed by atoms with Crippen molar-refractivity contribution < 1.29 is 9.59 Å². The lowest BCUT2D eigenvalue weighted by Gasteiger charge is -2.10. The minimum absolute atomic E-state index is 0.0973. The van der Waals surface area contributed by atoms with Crippen molar-refractivity contribution in [1.82, 2.24) is 14.9 Å². The Hall–Kier alpha value is -2.50. The van der Waals surface area contributed by atoms with Crippen molar-refractivity contribution in [2.24, 2.45) is 5.73 Å². The average molecular weight is 493 g/mol. The highest BCUT2D eigenvalue weighted by molar-refractivity contribution is 9.10. The zero-order valence-electron chi connectivity index (χ0n) is 15.0. The molecule has 5 N–H and O–H groups in total. The SMILES string of the molecule is NC(=O)CSc1ccccc1NC(=O)CSc1nnc(-c2ccccc2Br)n1N. The fourth-order valence-electron chi connectivity index (χ4n) is 2.36. The van der Waals surface area contributed by atoms with Gasteiger partial charge in [-0.05, 0) is 24.3 Å². The third-order valence-corrected chi connectivity index (χ3v) is 6.37. The van der Waals surface area contributed by atoms with Crippen molar-refractivity contribution in [3.8, 4) is 11.4 Å². The molecule has 0 aliphatic rings. The number of hydrogen-bond donors (Lipinski definition) is 3. The second-order valence-corrected chi connectivity index (χ2v) is 8.56. The summed E-state index contributed by atoms with van der Waals surface area (Å²) in [5, 5.41) is 11.4. The molecule has 11 heteroatoms. The molecular formula is C18H17BrN6O2S2. The standard InChI is InChI=1S/C18H17BrN6O2S2/c19-12-6-2-1-5-11(12)17-23-24-18(25(17)21)29-10-16(27)22-13-7-3-4-8-14(13)28-9-15(20)26/h1-8H,9-10,21H2,(H2,20,26)(H,22,27). The number of carbonyl (C=O) groups is 2. The van der Waals surface area contributed by atoms with Crippen molar-refractivity contribution in [3.63, 3.8) is 0 Å². The lowest BCUT2D eigenvalue weighted by Crippen LogP contribution is -2.17. The summed E-state index contributed by atoms with van der Waals surface area (Å²) < 4.78 is 2.20. The van der Waals surface area contributed by atoms with Crippen LogP contribution in [-0.2, 0) is 9.59 Å². The number of anilines is 1. The summed E-state index contributed by atoms with van der Waals surface area (Å²) in [6.07, 6.45) is 0. The van der Waals surface area contributed by atoms with E-state index in [1.54, 1.807) is 12.1 Å². The molecule has 150 valence electrons. The molecule has 0 unspecified atom stereocenters. The Bertz CT molecular complexity index is 1040. The van der Waals surface area contributed by atoms with Crippen molar-refractivity contribution in [2.75, 3.05) is 22.7 Å². The molecule has 1 aromatic heterocycles. The maximum absolute atomic E-state index is 12.4. The Morgan fingerprint density at radius 3 is 2.52 bits per heavy atom. The van der Waals surface area contributed by atoms with Gasteiger partial charge >= 0.3 is 0 Å². The second kappa shape index (κ2) is 9.81. The maximum atomic E-state index is 12.4. The minimum Gasteiger partial charge on any atom is -0.369 e. The van der Waals surface area contributed by atoms with Crippen LogP contribution in [0.4, 0.5) is 5.69 Å². The summed E-state index contributed by atoms with van der Waals surface area (Å²) in [5.41, 5.74) is 6.61. The van der Waals surface area contributed by atoms with Crippen molar-refractivity contribution in [1.29, 1.82) is 0 Å². The fourth-order valence-corrected chi connectivity index (χ4v) is 4.23. The van der Waals surface area contributed by atoms with E-state index in [1.807, 2.05) is 36.4 Å². The quantitative estimate of drug-likeness (QED) is 0.325. The van der Waals surface area contributed by atoms with Crippen LogP contribution >= 0.6 is 39.5 Å². The van der Waals surface area contributed by atoms with Crippen molar-refractivity contribution >= 4 is 57.0 Å². The lowest BCUT2D eigenvalue weighted by atomic mass is 10.2. The highest BCUT2D eigenvalue weighted by Gasteiger charge is 2.16. The molecule has 0 saturated carbocycles. The first-order valence-electron chi connectivity index (χ1n) is 8.34. The summed E-state index contributed by atoms with van der Waals surface area (Å²) in [4.78, 5) is 24.1. The second-order valence-electron chi connectivity index (χ2n) is 5.74. The summed E-state index contributed by atoms with van der Waals surface area (Å²) in [6, 6.07) is 14.7. The number of carbonyl (C=O) groups excluding carboxylic acids is 2. The molecule has 0 bridgehead atoms. The van der Waals surface area contributed by atoms with E-state index in [2.05, 4.69) is 31.4 Å². The third-order valence-electron chi connectivity index (χ3n) is 3.64. The maximum Gasteiger partial charge on any atom is 0.234 e. The molecule has 3 rings (SSSR count).